The van der Waals surface area contributed by atoms with E-state index in [2.05, 4.69) is 0 Å². The molecule has 140 valence electrons. The van der Waals surface area contributed by atoms with Crippen LogP contribution in [0.4, 0.5) is 0 Å². The molecule has 4 nitrogen and oxygen atoms in total. The first kappa shape index (κ1) is 18.3. The Kier molecular flexibility index (Phi) is 5.38. The van der Waals surface area contributed by atoms with Crippen molar-refractivity contribution in [1.29, 1.82) is 0 Å². The van der Waals surface area contributed by atoms with Crippen LogP contribution < -0.4 is 0 Å². The van der Waals surface area contributed by atoms with Crippen LogP contribution in [-0.2, 0) is 10.0 Å². The average Bonchev–Trinajstić information content (AvgIpc) is 3.13. The quantitative estimate of drug-likeness (QED) is 0.631. The first-order valence-corrected chi connectivity index (χ1v) is 11.4. The summed E-state index contributed by atoms with van der Waals surface area (Å²) in [5.41, 5.74) is 2.09. The van der Waals surface area contributed by atoms with Gasteiger partial charge in [-0.2, -0.15) is 4.31 Å². The summed E-state index contributed by atoms with van der Waals surface area (Å²) in [4.78, 5) is 0.351. The number of benzene rings is 2. The molecule has 2 aromatic carbocycles. The molecule has 27 heavy (non-hydrogen) atoms. The van der Waals surface area contributed by atoms with Gasteiger partial charge in [-0.05, 0) is 41.8 Å². The van der Waals surface area contributed by atoms with Gasteiger partial charge in [0.15, 0.2) is 0 Å². The van der Waals surface area contributed by atoms with Crippen molar-refractivity contribution in [2.45, 2.75) is 16.6 Å². The molecule has 1 aliphatic heterocycles. The third kappa shape index (κ3) is 3.98. The molecule has 0 saturated carbocycles. The topological polar surface area (TPSA) is 50.5 Å². The van der Waals surface area contributed by atoms with Gasteiger partial charge in [0.05, 0.1) is 16.4 Å². The second-order valence-electron chi connectivity index (χ2n) is 6.46. The van der Waals surface area contributed by atoms with Gasteiger partial charge in [0, 0.05) is 18.8 Å². The highest BCUT2D eigenvalue weighted by Crippen LogP contribution is 2.35. The fourth-order valence-corrected chi connectivity index (χ4v) is 6.04. The van der Waals surface area contributed by atoms with E-state index in [4.69, 9.17) is 4.42 Å². The summed E-state index contributed by atoms with van der Waals surface area (Å²) < 4.78 is 33.2. The van der Waals surface area contributed by atoms with Crippen molar-refractivity contribution in [3.8, 4) is 11.1 Å². The Morgan fingerprint density at radius 3 is 2.33 bits per heavy atom. The Morgan fingerprint density at radius 1 is 0.889 bits per heavy atom. The van der Waals surface area contributed by atoms with Crippen LogP contribution in [0.1, 0.15) is 17.4 Å². The maximum atomic E-state index is 13.1. The van der Waals surface area contributed by atoms with Gasteiger partial charge in [0.2, 0.25) is 10.0 Å². The largest absolute Gasteiger partial charge is 0.468 e. The van der Waals surface area contributed by atoms with Crippen LogP contribution in [0.2, 0.25) is 0 Å². The fourth-order valence-electron chi connectivity index (χ4n) is 3.29. The highest BCUT2D eigenvalue weighted by molar-refractivity contribution is 7.99. The van der Waals surface area contributed by atoms with Gasteiger partial charge in [-0.3, -0.25) is 0 Å². The molecule has 1 saturated heterocycles. The summed E-state index contributed by atoms with van der Waals surface area (Å²) >= 11 is 1.76. The second kappa shape index (κ2) is 7.92. The maximum absolute atomic E-state index is 13.1. The third-order valence-electron chi connectivity index (χ3n) is 4.76. The maximum Gasteiger partial charge on any atom is 0.243 e. The van der Waals surface area contributed by atoms with E-state index < -0.39 is 10.0 Å². The van der Waals surface area contributed by atoms with E-state index in [-0.39, 0.29) is 5.25 Å². The Bertz CT molecular complexity index is 968. The van der Waals surface area contributed by atoms with Gasteiger partial charge >= 0.3 is 0 Å². The van der Waals surface area contributed by atoms with Gasteiger partial charge in [-0.25, -0.2) is 8.42 Å². The van der Waals surface area contributed by atoms with Gasteiger partial charge < -0.3 is 4.42 Å². The van der Waals surface area contributed by atoms with E-state index in [0.29, 0.717) is 18.0 Å². The standard InChI is InChI=1S/C21H21NO3S2/c23-27(24,19-10-8-18(9-11-19)17-5-2-1-3-6-17)22-13-12-21(26-16-14-22)20-7-4-15-25-20/h1-11,15,21H,12-14,16H2. The number of furan rings is 1. The zero-order valence-corrected chi connectivity index (χ0v) is 16.5. The van der Waals surface area contributed by atoms with Crippen LogP contribution in [0, 0.1) is 0 Å². The molecular weight excluding hydrogens is 378 g/mol. The molecule has 0 radical (unpaired) electrons. The minimum atomic E-state index is -3.49. The Hall–Kier alpha value is -2.02. The van der Waals surface area contributed by atoms with Gasteiger partial charge in [-0.15, -0.1) is 11.8 Å². The summed E-state index contributed by atoms with van der Waals surface area (Å²) in [6.45, 7) is 1.02. The summed E-state index contributed by atoms with van der Waals surface area (Å²) in [5, 5.41) is 0.209. The van der Waals surface area contributed by atoms with Crippen molar-refractivity contribution in [2.24, 2.45) is 0 Å². The summed E-state index contributed by atoms with van der Waals surface area (Å²) in [5.74, 6) is 1.68. The number of hydrogen-bond acceptors (Lipinski definition) is 4. The molecule has 3 aromatic rings. The van der Waals surface area contributed by atoms with Crippen LogP contribution in [-0.4, -0.2) is 31.6 Å². The van der Waals surface area contributed by atoms with Crippen molar-refractivity contribution >= 4 is 21.8 Å². The lowest BCUT2D eigenvalue weighted by atomic mass is 10.1. The summed E-state index contributed by atoms with van der Waals surface area (Å²) in [7, 11) is -3.49. The monoisotopic (exact) mass is 399 g/mol. The highest BCUT2D eigenvalue weighted by Gasteiger charge is 2.29. The number of rotatable bonds is 4. The minimum absolute atomic E-state index is 0.209. The molecular formula is C21H21NO3S2. The Labute approximate surface area is 164 Å². The second-order valence-corrected chi connectivity index (χ2v) is 9.71. The zero-order chi connectivity index (χ0) is 18.7. The van der Waals surface area contributed by atoms with E-state index in [0.717, 1.165) is 29.1 Å². The van der Waals surface area contributed by atoms with Crippen molar-refractivity contribution in [2.75, 3.05) is 18.8 Å². The van der Waals surface area contributed by atoms with Crippen molar-refractivity contribution in [3.63, 3.8) is 0 Å². The van der Waals surface area contributed by atoms with E-state index in [1.165, 1.54) is 0 Å². The van der Waals surface area contributed by atoms with Crippen LogP contribution >= 0.6 is 11.8 Å². The number of thioether (sulfide) groups is 1. The molecule has 0 bridgehead atoms. The Balaban J connectivity index is 1.51. The van der Waals surface area contributed by atoms with E-state index >= 15 is 0 Å². The molecule has 0 N–H and O–H groups in total. The zero-order valence-electron chi connectivity index (χ0n) is 14.8. The molecule has 1 unspecified atom stereocenters. The van der Waals surface area contributed by atoms with Crippen LogP contribution in [0.15, 0.2) is 82.3 Å². The summed E-state index contributed by atoms with van der Waals surface area (Å²) in [6, 6.07) is 21.0. The highest BCUT2D eigenvalue weighted by atomic mass is 32.2. The molecule has 0 spiro atoms. The normalized spacial score (nSPS) is 18.9. The molecule has 1 aliphatic rings. The van der Waals surface area contributed by atoms with E-state index in [9.17, 15) is 8.42 Å². The first-order valence-electron chi connectivity index (χ1n) is 8.95. The van der Waals surface area contributed by atoms with E-state index in [1.54, 1.807) is 34.5 Å². The lowest BCUT2D eigenvalue weighted by Gasteiger charge is -2.20. The number of sulfonamides is 1. The molecule has 6 heteroatoms. The predicted molar refractivity (Wildman–Crippen MR) is 109 cm³/mol. The Morgan fingerprint density at radius 2 is 1.63 bits per heavy atom. The average molecular weight is 400 g/mol. The van der Waals surface area contributed by atoms with Crippen LogP contribution in [0.3, 0.4) is 0 Å². The number of hydrogen-bond donors (Lipinski definition) is 0. The van der Waals surface area contributed by atoms with Crippen molar-refractivity contribution in [1.82, 2.24) is 4.31 Å². The third-order valence-corrected chi connectivity index (χ3v) is 7.96. The molecule has 4 rings (SSSR count). The van der Waals surface area contributed by atoms with E-state index in [1.807, 2.05) is 54.6 Å². The minimum Gasteiger partial charge on any atom is -0.468 e. The summed E-state index contributed by atoms with van der Waals surface area (Å²) in [6.07, 6.45) is 2.42. The molecule has 0 amide bonds. The predicted octanol–water partition coefficient (Wildman–Crippen LogP) is 4.82. The first-order chi connectivity index (χ1) is 13.1. The molecule has 1 atom stereocenters. The van der Waals surface area contributed by atoms with Gasteiger partial charge in [0.1, 0.15) is 5.76 Å². The van der Waals surface area contributed by atoms with Crippen molar-refractivity contribution < 1.29 is 12.8 Å². The molecule has 0 aliphatic carbocycles. The SMILES string of the molecule is O=S(=O)(c1ccc(-c2ccccc2)cc1)N1CCSC(c2ccco2)CC1. The van der Waals surface area contributed by atoms with Crippen LogP contribution in [0.5, 0.6) is 0 Å². The molecule has 2 heterocycles. The lowest BCUT2D eigenvalue weighted by Crippen LogP contribution is -2.33. The molecule has 1 fully saturated rings. The van der Waals surface area contributed by atoms with Crippen LogP contribution in [0.25, 0.3) is 11.1 Å². The van der Waals surface area contributed by atoms with Crippen molar-refractivity contribution in [3.05, 3.63) is 78.8 Å². The smallest absolute Gasteiger partial charge is 0.243 e. The number of nitrogens with zero attached hydrogens (tertiary/aromatic N) is 1. The van der Waals surface area contributed by atoms with Gasteiger partial charge in [-0.1, -0.05) is 42.5 Å². The fraction of sp³-hybridized carbons (Fsp3) is 0.238. The lowest BCUT2D eigenvalue weighted by molar-refractivity contribution is 0.417. The van der Waals surface area contributed by atoms with Gasteiger partial charge in [0.25, 0.3) is 0 Å². The molecule has 1 aromatic heterocycles.